The van der Waals surface area contributed by atoms with Crippen LogP contribution < -0.4 is 10.6 Å². The molecule has 1 aromatic heterocycles. The maximum atomic E-state index is 12.4. The molecule has 5 rings (SSSR count). The van der Waals surface area contributed by atoms with Crippen LogP contribution in [0.4, 0.5) is 5.95 Å². The van der Waals surface area contributed by atoms with Gasteiger partial charge in [-0.15, -0.1) is 0 Å². The number of ether oxygens (including phenoxy) is 1. The van der Waals surface area contributed by atoms with Crippen LogP contribution in [-0.2, 0) is 29.1 Å². The Balaban J connectivity index is 1.08. The summed E-state index contributed by atoms with van der Waals surface area (Å²) in [5.41, 5.74) is 11.0. The van der Waals surface area contributed by atoms with Gasteiger partial charge in [0, 0.05) is 57.1 Å². The van der Waals surface area contributed by atoms with Gasteiger partial charge in [-0.05, 0) is 40.8 Å². The number of nitrogens with one attached hydrogen (secondary N) is 1. The van der Waals surface area contributed by atoms with Crippen molar-refractivity contribution in [2.75, 3.05) is 31.1 Å². The molecule has 0 bridgehead atoms. The number of Topliss-reactive ketones (excluding diaryl/α,β-unsaturated/α-hetero) is 1. The molecule has 0 spiro atoms. The van der Waals surface area contributed by atoms with E-state index in [1.165, 1.54) is 0 Å². The molecule has 0 radical (unpaired) electrons. The second kappa shape index (κ2) is 14.3. The molecule has 2 heterocycles. The summed E-state index contributed by atoms with van der Waals surface area (Å²) >= 11 is 0. The van der Waals surface area contributed by atoms with Gasteiger partial charge in [-0.1, -0.05) is 66.7 Å². The van der Waals surface area contributed by atoms with Crippen LogP contribution >= 0.6 is 0 Å². The Bertz CT molecular complexity index is 1530. The number of benzene rings is 3. The zero-order valence-corrected chi connectivity index (χ0v) is 24.1. The van der Waals surface area contributed by atoms with Gasteiger partial charge in [0.05, 0.1) is 17.8 Å². The number of hydrogen-bond donors (Lipinski definition) is 2. The fourth-order valence-corrected chi connectivity index (χ4v) is 5.04. The zero-order chi connectivity index (χ0) is 30.0. The average molecular weight is 577 g/mol. The Morgan fingerprint density at radius 2 is 1.51 bits per heavy atom. The molecule has 0 amide bonds. The molecule has 1 fully saturated rings. The number of piperazine rings is 1. The molecule has 3 aromatic carbocycles. The van der Waals surface area contributed by atoms with Crippen molar-refractivity contribution in [2.45, 2.75) is 32.4 Å². The Kier molecular flexibility index (Phi) is 9.86. The molecule has 1 saturated heterocycles. The molecule has 3 N–H and O–H groups in total. The van der Waals surface area contributed by atoms with E-state index < -0.39 is 0 Å². The number of anilines is 1. The van der Waals surface area contributed by atoms with Gasteiger partial charge in [0.2, 0.25) is 5.95 Å². The summed E-state index contributed by atoms with van der Waals surface area (Å²) in [5.74, 6) is 0.274. The molecule has 220 valence electrons. The lowest BCUT2D eigenvalue weighted by Gasteiger charge is -2.34. The minimum Gasteiger partial charge on any atom is -0.457 e. The van der Waals surface area contributed by atoms with E-state index in [0.717, 1.165) is 60.5 Å². The number of nitrogens with zero attached hydrogens (tertiary/aromatic N) is 4. The summed E-state index contributed by atoms with van der Waals surface area (Å²) in [7, 11) is 0. The molecule has 9 nitrogen and oxygen atoms in total. The van der Waals surface area contributed by atoms with Crippen molar-refractivity contribution in [1.29, 1.82) is 5.41 Å². The van der Waals surface area contributed by atoms with Crippen molar-refractivity contribution < 1.29 is 14.3 Å². The lowest BCUT2D eigenvalue weighted by molar-refractivity contribution is -0.117. The first-order valence-corrected chi connectivity index (χ1v) is 14.5. The van der Waals surface area contributed by atoms with E-state index in [0.29, 0.717) is 24.4 Å². The van der Waals surface area contributed by atoms with Crippen LogP contribution in [0.15, 0.2) is 91.3 Å². The summed E-state index contributed by atoms with van der Waals surface area (Å²) < 4.78 is 5.44. The number of rotatable bonds is 12. The van der Waals surface area contributed by atoms with E-state index in [1.807, 2.05) is 85.2 Å². The summed E-state index contributed by atoms with van der Waals surface area (Å²) in [6.07, 6.45) is 4.67. The summed E-state index contributed by atoms with van der Waals surface area (Å²) in [6.45, 7) is 4.50. The van der Waals surface area contributed by atoms with E-state index in [4.69, 9.17) is 15.9 Å². The topological polar surface area (TPSA) is 126 Å². The van der Waals surface area contributed by atoms with E-state index >= 15 is 0 Å². The molecular formula is C34H36N6O3. The summed E-state index contributed by atoms with van der Waals surface area (Å²) in [6, 6.07) is 25.3. The maximum Gasteiger partial charge on any atom is 0.338 e. The number of carbonyl (C=O) groups is 2. The van der Waals surface area contributed by atoms with E-state index in [2.05, 4.69) is 25.8 Å². The van der Waals surface area contributed by atoms with Crippen molar-refractivity contribution in [1.82, 2.24) is 14.9 Å². The monoisotopic (exact) mass is 576 g/mol. The predicted molar refractivity (Wildman–Crippen MR) is 167 cm³/mol. The highest BCUT2D eigenvalue weighted by Gasteiger charge is 2.19. The third-order valence-corrected chi connectivity index (χ3v) is 7.44. The highest BCUT2D eigenvalue weighted by molar-refractivity contribution is 5.98. The van der Waals surface area contributed by atoms with Crippen LogP contribution in [0.5, 0.6) is 0 Å². The van der Waals surface area contributed by atoms with Gasteiger partial charge in [-0.25, -0.2) is 14.8 Å². The van der Waals surface area contributed by atoms with Crippen LogP contribution in [0, 0.1) is 5.41 Å². The Hall–Kier alpha value is -4.89. The number of nitrogens with two attached hydrogens (primary N) is 1. The number of aryl methyl sites for hydroxylation is 1. The summed E-state index contributed by atoms with van der Waals surface area (Å²) in [5, 5.41) is 7.27. The molecule has 0 atom stereocenters. The predicted octanol–water partition coefficient (Wildman–Crippen LogP) is 4.65. The maximum absolute atomic E-state index is 12.4. The number of amidine groups is 1. The SMILES string of the molecule is N=C(N)CC(=O)CCc1cccc(-c2cnc(N3CCN(Cc4ccc(C(=O)OCc5ccccc5)cc4)CC3)nc2)c1. The quantitative estimate of drug-likeness (QED) is 0.142. The molecule has 0 aliphatic carbocycles. The van der Waals surface area contributed by atoms with Crippen molar-refractivity contribution in [3.63, 3.8) is 0 Å². The van der Waals surface area contributed by atoms with E-state index in [-0.39, 0.29) is 30.6 Å². The second-order valence-electron chi connectivity index (χ2n) is 10.7. The number of hydrogen-bond acceptors (Lipinski definition) is 8. The Morgan fingerprint density at radius 1 is 0.814 bits per heavy atom. The normalized spacial score (nSPS) is 13.4. The van der Waals surface area contributed by atoms with Gasteiger partial charge in [0.25, 0.3) is 0 Å². The second-order valence-corrected chi connectivity index (χ2v) is 10.7. The largest absolute Gasteiger partial charge is 0.457 e. The van der Waals surface area contributed by atoms with Crippen molar-refractivity contribution in [2.24, 2.45) is 5.73 Å². The molecule has 0 saturated carbocycles. The lowest BCUT2D eigenvalue weighted by atomic mass is 10.0. The molecule has 4 aromatic rings. The highest BCUT2D eigenvalue weighted by atomic mass is 16.5. The van der Waals surface area contributed by atoms with Gasteiger partial charge < -0.3 is 15.4 Å². The standard InChI is InChI=1S/C34H36N6O3/c35-32(36)20-31(41)14-11-25-7-4-8-29(19-25)30-21-37-34(38-22-30)40-17-15-39(16-18-40)23-26-9-12-28(13-10-26)33(42)43-24-27-5-2-1-3-6-27/h1-10,12-13,19,21-22H,11,14-18,20,23-24H2,(H3,35,36). The summed E-state index contributed by atoms with van der Waals surface area (Å²) in [4.78, 5) is 38.2. The number of aromatic nitrogens is 2. The van der Waals surface area contributed by atoms with E-state index in [1.54, 1.807) is 0 Å². The molecular weight excluding hydrogens is 540 g/mol. The van der Waals surface area contributed by atoms with Gasteiger partial charge in [-0.3, -0.25) is 15.1 Å². The van der Waals surface area contributed by atoms with Crippen LogP contribution in [0.1, 0.15) is 39.9 Å². The molecule has 0 unspecified atom stereocenters. The lowest BCUT2D eigenvalue weighted by Crippen LogP contribution is -2.46. The average Bonchev–Trinajstić information content (AvgIpc) is 3.04. The van der Waals surface area contributed by atoms with Crippen LogP contribution in [0.2, 0.25) is 0 Å². The third kappa shape index (κ3) is 8.56. The van der Waals surface area contributed by atoms with Crippen molar-refractivity contribution in [3.8, 4) is 11.1 Å². The van der Waals surface area contributed by atoms with Crippen molar-refractivity contribution >= 4 is 23.5 Å². The fraction of sp³-hybridized carbons (Fsp3) is 0.265. The van der Waals surface area contributed by atoms with Gasteiger partial charge in [-0.2, -0.15) is 0 Å². The van der Waals surface area contributed by atoms with Crippen LogP contribution in [0.3, 0.4) is 0 Å². The number of esters is 1. The first-order chi connectivity index (χ1) is 20.9. The Morgan fingerprint density at radius 3 is 2.21 bits per heavy atom. The number of ketones is 1. The smallest absolute Gasteiger partial charge is 0.338 e. The first kappa shape index (κ1) is 29.6. The minimum atomic E-state index is -0.319. The Labute approximate surface area is 251 Å². The van der Waals surface area contributed by atoms with Gasteiger partial charge >= 0.3 is 5.97 Å². The fourth-order valence-electron chi connectivity index (χ4n) is 5.04. The molecule has 43 heavy (non-hydrogen) atoms. The van der Waals surface area contributed by atoms with Gasteiger partial charge in [0.1, 0.15) is 12.4 Å². The first-order valence-electron chi connectivity index (χ1n) is 14.5. The third-order valence-electron chi connectivity index (χ3n) is 7.44. The zero-order valence-electron chi connectivity index (χ0n) is 24.1. The molecule has 9 heteroatoms. The highest BCUT2D eigenvalue weighted by Crippen LogP contribution is 2.22. The van der Waals surface area contributed by atoms with Gasteiger partial charge in [0.15, 0.2) is 0 Å². The molecule has 1 aliphatic heterocycles. The molecule has 1 aliphatic rings. The van der Waals surface area contributed by atoms with Crippen molar-refractivity contribution in [3.05, 3.63) is 114 Å². The van der Waals surface area contributed by atoms with Crippen LogP contribution in [-0.4, -0.2) is 58.6 Å². The number of carbonyl (C=O) groups excluding carboxylic acids is 2. The minimum absolute atomic E-state index is 0.00423. The van der Waals surface area contributed by atoms with Crippen LogP contribution in [0.25, 0.3) is 11.1 Å². The van der Waals surface area contributed by atoms with E-state index in [9.17, 15) is 9.59 Å².